The van der Waals surface area contributed by atoms with E-state index in [1.165, 1.54) is 20.8 Å². The highest BCUT2D eigenvalue weighted by atomic mass is 32.2. The molecule has 1 aliphatic heterocycles. The minimum absolute atomic E-state index is 0.0604. The van der Waals surface area contributed by atoms with Crippen LogP contribution < -0.4 is 0 Å². The number of esters is 1. The normalized spacial score (nSPS) is 21.4. The van der Waals surface area contributed by atoms with E-state index in [2.05, 4.69) is 0 Å². The molecule has 0 spiro atoms. The fraction of sp³-hybridized carbons (Fsp3) is 0.769. The van der Waals surface area contributed by atoms with Gasteiger partial charge >= 0.3 is 12.1 Å². The molecular formula is C13H20F3NO4S. The molecule has 0 saturated heterocycles. The van der Waals surface area contributed by atoms with E-state index in [1.807, 2.05) is 0 Å². The van der Waals surface area contributed by atoms with Crippen molar-refractivity contribution in [2.45, 2.75) is 51.1 Å². The Balaban J connectivity index is 3.25. The standard InChI is InChI=1S/C13H20F3NO4S/c1-5-21-11(18)9-6-7-10(13(14,15)16)17(8-9)22(19,20)12(2,3)4/h6,10H,5,7-8H2,1-4H3/t10-/m0/s1. The van der Waals surface area contributed by atoms with Crippen molar-refractivity contribution in [1.82, 2.24) is 4.31 Å². The van der Waals surface area contributed by atoms with Crippen molar-refractivity contribution in [3.05, 3.63) is 11.6 Å². The second-order valence-electron chi connectivity index (χ2n) is 5.91. The molecular weight excluding hydrogens is 323 g/mol. The van der Waals surface area contributed by atoms with E-state index in [0.29, 0.717) is 4.31 Å². The smallest absolute Gasteiger partial charge is 0.405 e. The Bertz CT molecular complexity index is 561. The van der Waals surface area contributed by atoms with Gasteiger partial charge in [-0.3, -0.25) is 0 Å². The van der Waals surface area contributed by atoms with Crippen LogP contribution in [0.25, 0.3) is 0 Å². The first kappa shape index (κ1) is 19.0. The summed E-state index contributed by atoms with van der Waals surface area (Å²) in [5.41, 5.74) is -0.0739. The average molecular weight is 343 g/mol. The van der Waals surface area contributed by atoms with E-state index in [9.17, 15) is 26.4 Å². The fourth-order valence-electron chi connectivity index (χ4n) is 1.99. The van der Waals surface area contributed by atoms with Gasteiger partial charge in [0, 0.05) is 12.1 Å². The van der Waals surface area contributed by atoms with E-state index >= 15 is 0 Å². The number of alkyl halides is 3. The van der Waals surface area contributed by atoms with Crippen LogP contribution in [0, 0.1) is 0 Å². The number of sulfonamides is 1. The second-order valence-corrected chi connectivity index (χ2v) is 8.55. The lowest BCUT2D eigenvalue weighted by molar-refractivity contribution is -0.172. The van der Waals surface area contributed by atoms with Crippen molar-refractivity contribution in [2.75, 3.05) is 13.2 Å². The van der Waals surface area contributed by atoms with Gasteiger partial charge < -0.3 is 4.74 Å². The first-order valence-electron chi connectivity index (χ1n) is 6.76. The van der Waals surface area contributed by atoms with Gasteiger partial charge in [0.15, 0.2) is 0 Å². The maximum Gasteiger partial charge on any atom is 0.405 e. The summed E-state index contributed by atoms with van der Waals surface area (Å²) in [6, 6.07) is -2.17. The summed E-state index contributed by atoms with van der Waals surface area (Å²) >= 11 is 0. The van der Waals surface area contributed by atoms with Gasteiger partial charge in [0.25, 0.3) is 0 Å². The van der Waals surface area contributed by atoms with E-state index in [1.54, 1.807) is 6.92 Å². The number of hydrogen-bond donors (Lipinski definition) is 0. The molecule has 0 saturated carbocycles. The summed E-state index contributed by atoms with van der Waals surface area (Å²) in [7, 11) is -4.25. The van der Waals surface area contributed by atoms with Crippen molar-refractivity contribution < 1.29 is 31.1 Å². The molecule has 0 aromatic heterocycles. The predicted octanol–water partition coefficient (Wildman–Crippen LogP) is 2.24. The van der Waals surface area contributed by atoms with Crippen molar-refractivity contribution >= 4 is 16.0 Å². The van der Waals surface area contributed by atoms with Gasteiger partial charge in [-0.05, 0) is 34.1 Å². The molecule has 0 aromatic carbocycles. The number of halogens is 3. The molecule has 5 nitrogen and oxygen atoms in total. The number of rotatable bonds is 3. The molecule has 1 heterocycles. The van der Waals surface area contributed by atoms with Crippen molar-refractivity contribution in [3.8, 4) is 0 Å². The molecule has 0 aliphatic carbocycles. The van der Waals surface area contributed by atoms with E-state index < -0.39 is 45.9 Å². The molecule has 0 bridgehead atoms. The van der Waals surface area contributed by atoms with Crippen LogP contribution in [0.3, 0.4) is 0 Å². The molecule has 0 N–H and O–H groups in total. The van der Waals surface area contributed by atoms with E-state index in [-0.39, 0.29) is 12.2 Å². The summed E-state index contributed by atoms with van der Waals surface area (Å²) in [5.74, 6) is -0.794. The zero-order valence-electron chi connectivity index (χ0n) is 12.9. The first-order chi connectivity index (χ1) is 9.82. The van der Waals surface area contributed by atoms with Gasteiger partial charge in [-0.15, -0.1) is 0 Å². The third-order valence-electron chi connectivity index (χ3n) is 3.26. The third kappa shape index (κ3) is 3.81. The fourth-order valence-corrected chi connectivity index (χ4v) is 3.54. The quantitative estimate of drug-likeness (QED) is 0.737. The average Bonchev–Trinajstić information content (AvgIpc) is 2.35. The molecule has 1 aliphatic rings. The first-order valence-corrected chi connectivity index (χ1v) is 8.20. The van der Waals surface area contributed by atoms with Crippen LogP contribution in [0.4, 0.5) is 13.2 Å². The Kier molecular flexibility index (Phi) is 5.34. The van der Waals surface area contributed by atoms with Crippen molar-refractivity contribution in [1.29, 1.82) is 0 Å². The highest BCUT2D eigenvalue weighted by Crippen LogP contribution is 2.36. The SMILES string of the molecule is CCOC(=O)C1=CC[C@@H](C(F)(F)F)N(S(=O)(=O)C(C)(C)C)C1. The Morgan fingerprint density at radius 3 is 2.32 bits per heavy atom. The zero-order chi connectivity index (χ0) is 17.3. The zero-order valence-corrected chi connectivity index (χ0v) is 13.7. The largest absolute Gasteiger partial charge is 0.463 e. The summed E-state index contributed by atoms with van der Waals surface area (Å²) in [6.45, 7) is 4.94. The summed E-state index contributed by atoms with van der Waals surface area (Å²) < 4.78 is 68.0. The van der Waals surface area contributed by atoms with Crippen LogP contribution in [0.5, 0.6) is 0 Å². The van der Waals surface area contributed by atoms with Gasteiger partial charge in [-0.1, -0.05) is 6.08 Å². The van der Waals surface area contributed by atoms with Crippen LogP contribution in [-0.2, 0) is 19.6 Å². The molecule has 9 heteroatoms. The van der Waals surface area contributed by atoms with Crippen LogP contribution in [0.1, 0.15) is 34.1 Å². The number of nitrogens with zero attached hydrogens (tertiary/aromatic N) is 1. The minimum atomic E-state index is -4.71. The molecule has 1 atom stereocenters. The van der Waals surface area contributed by atoms with Gasteiger partial charge in [0.2, 0.25) is 10.0 Å². The van der Waals surface area contributed by atoms with Crippen LogP contribution >= 0.6 is 0 Å². The maximum atomic E-state index is 13.1. The summed E-state index contributed by atoms with van der Waals surface area (Å²) in [6.07, 6.45) is -4.22. The third-order valence-corrected chi connectivity index (χ3v) is 5.81. The highest BCUT2D eigenvalue weighted by Gasteiger charge is 2.52. The van der Waals surface area contributed by atoms with E-state index in [0.717, 1.165) is 6.08 Å². The van der Waals surface area contributed by atoms with Gasteiger partial charge in [0.1, 0.15) is 6.04 Å². The molecule has 22 heavy (non-hydrogen) atoms. The molecule has 0 aromatic rings. The van der Waals surface area contributed by atoms with E-state index in [4.69, 9.17) is 4.74 Å². The van der Waals surface area contributed by atoms with Crippen LogP contribution in [0.15, 0.2) is 11.6 Å². The Morgan fingerprint density at radius 1 is 1.36 bits per heavy atom. The summed E-state index contributed by atoms with van der Waals surface area (Å²) in [4.78, 5) is 11.7. The van der Waals surface area contributed by atoms with Gasteiger partial charge in [-0.2, -0.15) is 17.5 Å². The predicted molar refractivity (Wildman–Crippen MR) is 74.6 cm³/mol. The molecule has 0 radical (unpaired) electrons. The van der Waals surface area contributed by atoms with Crippen molar-refractivity contribution in [3.63, 3.8) is 0 Å². The molecule has 128 valence electrons. The number of carbonyl (C=O) groups excluding carboxylic acids is 1. The second kappa shape index (κ2) is 6.19. The lowest BCUT2D eigenvalue weighted by Gasteiger charge is -2.38. The topological polar surface area (TPSA) is 63.7 Å². The van der Waals surface area contributed by atoms with Gasteiger partial charge in [0.05, 0.1) is 11.4 Å². The Morgan fingerprint density at radius 2 is 1.91 bits per heavy atom. The molecule has 1 rings (SSSR count). The van der Waals surface area contributed by atoms with Crippen molar-refractivity contribution in [2.24, 2.45) is 0 Å². The minimum Gasteiger partial charge on any atom is -0.463 e. The molecule has 0 fully saturated rings. The Labute approximate surface area is 128 Å². The highest BCUT2D eigenvalue weighted by molar-refractivity contribution is 7.90. The lowest BCUT2D eigenvalue weighted by atomic mass is 10.1. The molecule has 0 unspecified atom stereocenters. The lowest BCUT2D eigenvalue weighted by Crippen LogP contribution is -2.55. The number of hydrogen-bond acceptors (Lipinski definition) is 4. The van der Waals surface area contributed by atoms with Gasteiger partial charge in [-0.25, -0.2) is 13.2 Å². The number of ether oxygens (including phenoxy) is 1. The maximum absolute atomic E-state index is 13.1. The molecule has 0 amide bonds. The van der Waals surface area contributed by atoms with Crippen LogP contribution in [-0.4, -0.2) is 48.8 Å². The number of carbonyl (C=O) groups is 1. The summed E-state index contributed by atoms with van der Waals surface area (Å²) in [5, 5.41) is 0. The monoisotopic (exact) mass is 343 g/mol. The van der Waals surface area contributed by atoms with Crippen LogP contribution in [0.2, 0.25) is 0 Å². The Hall–Kier alpha value is -1.09.